The van der Waals surface area contributed by atoms with Crippen molar-refractivity contribution in [2.45, 2.75) is 11.4 Å². The summed E-state index contributed by atoms with van der Waals surface area (Å²) in [5.41, 5.74) is 0.0382. The molecule has 120 valence electrons. The van der Waals surface area contributed by atoms with Crippen LogP contribution in [0, 0.1) is 0 Å². The Balaban J connectivity index is 2.18. The number of nitrogens with zero attached hydrogens (tertiary/aromatic N) is 2. The molecule has 6 nitrogen and oxygen atoms in total. The van der Waals surface area contributed by atoms with Crippen molar-refractivity contribution in [3.05, 3.63) is 35.7 Å². The van der Waals surface area contributed by atoms with Gasteiger partial charge in [0.25, 0.3) is 10.0 Å². The van der Waals surface area contributed by atoms with Crippen molar-refractivity contribution < 1.29 is 26.3 Å². The maximum atomic E-state index is 12.1. The zero-order chi connectivity index (χ0) is 16.5. The fourth-order valence-corrected chi connectivity index (χ4v) is 2.99. The molecule has 11 heteroatoms. The van der Waals surface area contributed by atoms with E-state index in [0.29, 0.717) is 0 Å². The summed E-state index contributed by atoms with van der Waals surface area (Å²) in [5.74, 6) is -0.466. The standard InChI is InChI=1S/C11H9ClF3N3O3S/c1-18-6-16-10(9(18)12)22(19,20)17-7-2-4-8(5-3-7)21-11(13,14)15/h2-6,17H,1H3. The molecule has 0 aliphatic heterocycles. The summed E-state index contributed by atoms with van der Waals surface area (Å²) >= 11 is 5.79. The van der Waals surface area contributed by atoms with Gasteiger partial charge < -0.3 is 9.30 Å². The number of halogens is 4. The minimum absolute atomic E-state index is 0.0382. The number of imidazole rings is 1. The molecule has 1 aromatic heterocycles. The third kappa shape index (κ3) is 3.83. The lowest BCUT2D eigenvalue weighted by Crippen LogP contribution is -2.17. The van der Waals surface area contributed by atoms with Crippen LogP contribution < -0.4 is 9.46 Å². The Hall–Kier alpha value is -1.94. The van der Waals surface area contributed by atoms with E-state index in [1.54, 1.807) is 0 Å². The molecule has 0 radical (unpaired) electrons. The highest BCUT2D eigenvalue weighted by atomic mass is 35.5. The van der Waals surface area contributed by atoms with Gasteiger partial charge in [0.05, 0.1) is 6.33 Å². The second-order valence-electron chi connectivity index (χ2n) is 4.13. The second-order valence-corrected chi connectivity index (χ2v) is 6.08. The Labute approximate surface area is 128 Å². The van der Waals surface area contributed by atoms with Crippen molar-refractivity contribution in [3.63, 3.8) is 0 Å². The SMILES string of the molecule is Cn1cnc(S(=O)(=O)Nc2ccc(OC(F)(F)F)cc2)c1Cl. The first-order chi connectivity index (χ1) is 10.1. The van der Waals surface area contributed by atoms with Gasteiger partial charge in [0.15, 0.2) is 0 Å². The highest BCUT2D eigenvalue weighted by Crippen LogP contribution is 2.26. The Bertz CT molecular complexity index is 772. The molecule has 0 saturated heterocycles. The molecular formula is C11H9ClF3N3O3S. The first kappa shape index (κ1) is 16.4. The average molecular weight is 356 g/mol. The number of alkyl halides is 3. The number of hydrogen-bond acceptors (Lipinski definition) is 4. The molecule has 0 amide bonds. The topological polar surface area (TPSA) is 73.2 Å². The minimum atomic E-state index is -4.82. The van der Waals surface area contributed by atoms with Crippen LogP contribution in [0.5, 0.6) is 5.75 Å². The third-order valence-corrected chi connectivity index (χ3v) is 4.30. The Morgan fingerprint density at radius 2 is 1.86 bits per heavy atom. The summed E-state index contributed by atoms with van der Waals surface area (Å²) in [6, 6.07) is 4.20. The van der Waals surface area contributed by atoms with Crippen molar-refractivity contribution in [2.75, 3.05) is 4.72 Å². The predicted molar refractivity (Wildman–Crippen MR) is 72.2 cm³/mol. The number of nitrogens with one attached hydrogen (secondary N) is 1. The molecule has 1 N–H and O–H groups in total. The fraction of sp³-hybridized carbons (Fsp3) is 0.182. The van der Waals surface area contributed by atoms with E-state index in [2.05, 4.69) is 14.4 Å². The smallest absolute Gasteiger partial charge is 0.406 e. The van der Waals surface area contributed by atoms with E-state index in [9.17, 15) is 21.6 Å². The highest BCUT2D eigenvalue weighted by Gasteiger charge is 2.31. The molecule has 0 aliphatic rings. The molecule has 0 saturated carbocycles. The van der Waals surface area contributed by atoms with Gasteiger partial charge in [-0.2, -0.15) is 8.42 Å². The van der Waals surface area contributed by atoms with E-state index in [-0.39, 0.29) is 15.9 Å². The molecule has 2 rings (SSSR count). The molecule has 0 spiro atoms. The van der Waals surface area contributed by atoms with E-state index in [4.69, 9.17) is 11.6 Å². The zero-order valence-corrected chi connectivity index (χ0v) is 12.5. The number of aryl methyl sites for hydroxylation is 1. The van der Waals surface area contributed by atoms with Crippen LogP contribution in [-0.2, 0) is 17.1 Å². The molecule has 0 atom stereocenters. The number of aromatic nitrogens is 2. The number of sulfonamides is 1. The Kier molecular flexibility index (Phi) is 4.25. The van der Waals surface area contributed by atoms with Crippen molar-refractivity contribution >= 4 is 27.3 Å². The largest absolute Gasteiger partial charge is 0.573 e. The fourth-order valence-electron chi connectivity index (χ4n) is 1.50. The summed E-state index contributed by atoms with van der Waals surface area (Å²) in [4.78, 5) is 3.66. The van der Waals surface area contributed by atoms with Gasteiger partial charge >= 0.3 is 6.36 Å². The molecule has 0 aliphatic carbocycles. The Morgan fingerprint density at radius 1 is 1.27 bits per heavy atom. The van der Waals surface area contributed by atoms with Gasteiger partial charge in [0.1, 0.15) is 10.9 Å². The molecule has 0 unspecified atom stereocenters. The van der Waals surface area contributed by atoms with Gasteiger partial charge in [-0.1, -0.05) is 11.6 Å². The van der Waals surface area contributed by atoms with Crippen molar-refractivity contribution in [1.82, 2.24) is 9.55 Å². The van der Waals surface area contributed by atoms with Gasteiger partial charge in [-0.15, -0.1) is 13.2 Å². The molecular weight excluding hydrogens is 347 g/mol. The van der Waals surface area contributed by atoms with Gasteiger partial charge in [-0.25, -0.2) is 4.98 Å². The zero-order valence-electron chi connectivity index (χ0n) is 10.9. The van der Waals surface area contributed by atoms with Gasteiger partial charge in [0.2, 0.25) is 5.03 Å². The predicted octanol–water partition coefficient (Wildman–Crippen LogP) is 2.77. The van der Waals surface area contributed by atoms with Gasteiger partial charge in [-0.3, -0.25) is 4.72 Å². The van der Waals surface area contributed by atoms with E-state index >= 15 is 0 Å². The first-order valence-electron chi connectivity index (χ1n) is 5.64. The summed E-state index contributed by atoms with van der Waals surface area (Å²) < 4.78 is 67.3. The summed E-state index contributed by atoms with van der Waals surface area (Å²) in [6.45, 7) is 0. The lowest BCUT2D eigenvalue weighted by Gasteiger charge is -2.10. The summed E-state index contributed by atoms with van der Waals surface area (Å²) in [5, 5.41) is -0.475. The van der Waals surface area contributed by atoms with E-state index in [1.807, 2.05) is 0 Å². The van der Waals surface area contributed by atoms with E-state index in [1.165, 1.54) is 17.9 Å². The monoisotopic (exact) mass is 355 g/mol. The molecule has 0 bridgehead atoms. The second kappa shape index (κ2) is 5.69. The van der Waals surface area contributed by atoms with Crippen LogP contribution in [0.25, 0.3) is 0 Å². The molecule has 1 heterocycles. The van der Waals surface area contributed by atoms with Crippen molar-refractivity contribution in [2.24, 2.45) is 7.05 Å². The van der Waals surface area contributed by atoms with Crippen LogP contribution in [0.1, 0.15) is 0 Å². The summed E-state index contributed by atoms with van der Waals surface area (Å²) in [6.07, 6.45) is -3.60. The Morgan fingerprint density at radius 3 is 2.32 bits per heavy atom. The molecule has 1 aromatic carbocycles. The van der Waals surface area contributed by atoms with Crippen LogP contribution >= 0.6 is 11.6 Å². The lowest BCUT2D eigenvalue weighted by atomic mass is 10.3. The highest BCUT2D eigenvalue weighted by molar-refractivity contribution is 7.92. The van der Waals surface area contributed by atoms with Gasteiger partial charge in [-0.05, 0) is 24.3 Å². The van der Waals surface area contributed by atoms with E-state index in [0.717, 1.165) is 24.3 Å². The van der Waals surface area contributed by atoms with Crippen LogP contribution in [0.3, 0.4) is 0 Å². The van der Waals surface area contributed by atoms with E-state index < -0.39 is 22.1 Å². The number of anilines is 1. The van der Waals surface area contributed by atoms with Crippen LogP contribution in [0.2, 0.25) is 5.15 Å². The summed E-state index contributed by atoms with van der Waals surface area (Å²) in [7, 11) is -2.54. The maximum absolute atomic E-state index is 12.1. The number of rotatable bonds is 4. The quantitative estimate of drug-likeness (QED) is 0.915. The van der Waals surface area contributed by atoms with Crippen LogP contribution in [0.15, 0.2) is 35.6 Å². The first-order valence-corrected chi connectivity index (χ1v) is 7.50. The number of ether oxygens (including phenoxy) is 1. The third-order valence-electron chi connectivity index (χ3n) is 2.43. The lowest BCUT2D eigenvalue weighted by molar-refractivity contribution is -0.274. The normalized spacial score (nSPS) is 12.2. The average Bonchev–Trinajstić information content (AvgIpc) is 2.71. The van der Waals surface area contributed by atoms with Crippen molar-refractivity contribution in [1.29, 1.82) is 0 Å². The van der Waals surface area contributed by atoms with Crippen molar-refractivity contribution in [3.8, 4) is 5.75 Å². The minimum Gasteiger partial charge on any atom is -0.406 e. The molecule has 22 heavy (non-hydrogen) atoms. The molecule has 0 fully saturated rings. The van der Waals surface area contributed by atoms with Gasteiger partial charge in [0, 0.05) is 12.7 Å². The van der Waals surface area contributed by atoms with Crippen LogP contribution in [0.4, 0.5) is 18.9 Å². The maximum Gasteiger partial charge on any atom is 0.573 e. The van der Waals surface area contributed by atoms with Crippen LogP contribution in [-0.4, -0.2) is 24.3 Å². The molecule has 2 aromatic rings. The number of hydrogen-bond donors (Lipinski definition) is 1. The number of benzene rings is 1.